The average molecular weight is 917 g/mol. The molecule has 8 nitrogen and oxygen atoms in total. The Morgan fingerprint density at radius 3 is 1.24 bits per heavy atom. The smallest absolute Gasteiger partial charge is 0.362 e. The van der Waals surface area contributed by atoms with Crippen LogP contribution in [0.5, 0.6) is 0 Å². The molecule has 2 atom stereocenters. The number of allylic oxidation sites excluding steroid dienone is 20. The lowest BCUT2D eigenvalue weighted by atomic mass is 10.1. The zero-order valence-electron chi connectivity index (χ0n) is 42.3. The zero-order valence-corrected chi connectivity index (χ0v) is 42.3. The Morgan fingerprint density at radius 2 is 0.833 bits per heavy atom. The summed E-state index contributed by atoms with van der Waals surface area (Å²) >= 11 is 0. The fourth-order valence-electron chi connectivity index (χ4n) is 6.75. The van der Waals surface area contributed by atoms with Gasteiger partial charge in [-0.1, -0.05) is 187 Å². The molecule has 1 N–H and O–H groups in total. The molecule has 0 radical (unpaired) electrons. The first kappa shape index (κ1) is 61.7. The highest BCUT2D eigenvalue weighted by Crippen LogP contribution is 2.14. The molecule has 0 saturated heterocycles. The van der Waals surface area contributed by atoms with Crippen LogP contribution < -0.4 is 0 Å². The van der Waals surface area contributed by atoms with Crippen LogP contribution in [0.1, 0.15) is 174 Å². The first-order valence-corrected chi connectivity index (χ1v) is 25.6. The third-order valence-electron chi connectivity index (χ3n) is 10.6. The van der Waals surface area contributed by atoms with E-state index in [1.807, 2.05) is 33.3 Å². The maximum absolute atomic E-state index is 12.8. The largest absolute Gasteiger partial charge is 0.477 e. The predicted molar refractivity (Wildman–Crippen MR) is 279 cm³/mol. The summed E-state index contributed by atoms with van der Waals surface area (Å²) in [4.78, 5) is 37.1. The number of quaternary nitrogens is 1. The molecule has 0 amide bonds. The predicted octanol–water partition coefficient (Wildman–Crippen LogP) is 15.0. The number of aliphatic carboxylic acids is 1. The van der Waals surface area contributed by atoms with Gasteiger partial charge in [-0.3, -0.25) is 9.59 Å². The number of carbonyl (C=O) groups excluding carboxylic acids is 2. The molecular weight excluding hydrogens is 823 g/mol. The van der Waals surface area contributed by atoms with Crippen molar-refractivity contribution in [2.75, 3.05) is 41.0 Å². The van der Waals surface area contributed by atoms with E-state index in [9.17, 15) is 19.5 Å². The lowest BCUT2D eigenvalue weighted by Gasteiger charge is -2.31. The molecule has 0 saturated carbocycles. The van der Waals surface area contributed by atoms with Crippen molar-refractivity contribution in [1.29, 1.82) is 0 Å². The Labute approximate surface area is 403 Å². The molecule has 0 aliphatic rings. The van der Waals surface area contributed by atoms with E-state index in [4.69, 9.17) is 14.2 Å². The number of unbranched alkanes of at least 4 members (excludes halogenated alkanes) is 10. The highest BCUT2D eigenvalue weighted by atomic mass is 16.6. The summed E-state index contributed by atoms with van der Waals surface area (Å²) in [6.45, 7) is 4.41. The van der Waals surface area contributed by atoms with Gasteiger partial charge < -0.3 is 23.8 Å². The van der Waals surface area contributed by atoms with Crippen LogP contribution in [0, 0.1) is 0 Å². The highest BCUT2D eigenvalue weighted by molar-refractivity contribution is 5.72. The number of ether oxygens (including phenoxy) is 3. The van der Waals surface area contributed by atoms with E-state index in [-0.39, 0.29) is 36.7 Å². The highest BCUT2D eigenvalue weighted by Gasteiger charge is 2.31. The Kier molecular flexibility index (Phi) is 44.2. The van der Waals surface area contributed by atoms with Crippen LogP contribution in [0.4, 0.5) is 0 Å². The van der Waals surface area contributed by atoms with Crippen molar-refractivity contribution in [3.8, 4) is 0 Å². The standard InChI is InChI=1S/C58H93NO7/c1-6-8-10-12-14-16-18-20-22-24-26-27-28-29-31-32-34-36-38-40-42-44-46-48-56(60)65-53-54(52-64-51-50-55(58(62)63)59(3,4)5)66-57(61)49-47-45-43-41-39-37-35-33-30-25-23-21-19-17-15-13-11-9-7-2/h8-11,14-17,20-23,26-27,30,33,37,39,43,45,54-55H,6-7,12-13,18-19,24-25,28-29,31-32,34-36,38,40-42,44,46-53H2,1-5H3/p+1/b10-8+,11-9+,16-14+,17-15+,22-20+,23-21+,27-26+,33-30+,39-37+,45-43+. The van der Waals surface area contributed by atoms with Crippen LogP contribution in [0.3, 0.4) is 0 Å². The number of hydrogen-bond acceptors (Lipinski definition) is 6. The van der Waals surface area contributed by atoms with Gasteiger partial charge >= 0.3 is 17.9 Å². The maximum atomic E-state index is 12.8. The minimum absolute atomic E-state index is 0.0215. The van der Waals surface area contributed by atoms with E-state index in [1.165, 1.54) is 44.9 Å². The van der Waals surface area contributed by atoms with Gasteiger partial charge in [0.15, 0.2) is 12.1 Å². The van der Waals surface area contributed by atoms with E-state index in [0.717, 1.165) is 89.9 Å². The summed E-state index contributed by atoms with van der Waals surface area (Å²) in [6, 6.07) is -0.636. The van der Waals surface area contributed by atoms with E-state index >= 15 is 0 Å². The molecule has 0 bridgehead atoms. The summed E-state index contributed by atoms with van der Waals surface area (Å²) in [5.41, 5.74) is 0. The molecule has 8 heteroatoms. The number of nitrogens with zero attached hydrogens (tertiary/aromatic N) is 1. The molecule has 0 aliphatic carbocycles. The molecular formula is C58H94NO7+. The molecule has 0 aliphatic heterocycles. The lowest BCUT2D eigenvalue weighted by molar-refractivity contribution is -0.887. The molecule has 372 valence electrons. The number of carbonyl (C=O) groups is 3. The Balaban J connectivity index is 4.37. The molecule has 66 heavy (non-hydrogen) atoms. The van der Waals surface area contributed by atoms with Crippen molar-refractivity contribution in [3.05, 3.63) is 122 Å². The summed E-state index contributed by atoms with van der Waals surface area (Å²) in [5.74, 6) is -1.59. The molecule has 0 spiro atoms. The van der Waals surface area contributed by atoms with Crippen molar-refractivity contribution in [1.82, 2.24) is 0 Å². The fourth-order valence-corrected chi connectivity index (χ4v) is 6.75. The second-order valence-electron chi connectivity index (χ2n) is 17.7. The van der Waals surface area contributed by atoms with Gasteiger partial charge in [0.2, 0.25) is 0 Å². The van der Waals surface area contributed by atoms with E-state index < -0.39 is 24.1 Å². The number of likely N-dealkylation sites (N-methyl/N-ethyl adjacent to an activating group) is 1. The maximum Gasteiger partial charge on any atom is 0.362 e. The average Bonchev–Trinajstić information content (AvgIpc) is 3.28. The van der Waals surface area contributed by atoms with E-state index in [1.54, 1.807) is 0 Å². The monoisotopic (exact) mass is 917 g/mol. The van der Waals surface area contributed by atoms with Crippen LogP contribution in [0.25, 0.3) is 0 Å². The molecule has 0 aromatic heterocycles. The van der Waals surface area contributed by atoms with Crippen LogP contribution in [0.2, 0.25) is 0 Å². The summed E-state index contributed by atoms with van der Waals surface area (Å²) in [7, 11) is 5.50. The van der Waals surface area contributed by atoms with Gasteiger partial charge in [0.25, 0.3) is 0 Å². The summed E-state index contributed by atoms with van der Waals surface area (Å²) in [6.07, 6.45) is 66.9. The van der Waals surface area contributed by atoms with Crippen LogP contribution in [-0.4, -0.2) is 80.6 Å². The van der Waals surface area contributed by atoms with Crippen LogP contribution >= 0.6 is 0 Å². The van der Waals surface area contributed by atoms with Crippen molar-refractivity contribution < 1.29 is 38.2 Å². The number of carboxylic acid groups (broad SMARTS) is 1. The lowest BCUT2D eigenvalue weighted by Crippen LogP contribution is -2.50. The van der Waals surface area contributed by atoms with Gasteiger partial charge in [-0.25, -0.2) is 4.79 Å². The minimum Gasteiger partial charge on any atom is -0.477 e. The van der Waals surface area contributed by atoms with Gasteiger partial charge in [0, 0.05) is 19.3 Å². The summed E-state index contributed by atoms with van der Waals surface area (Å²) in [5, 5.41) is 9.65. The Morgan fingerprint density at radius 1 is 0.455 bits per heavy atom. The fraction of sp³-hybridized carbons (Fsp3) is 0.603. The first-order valence-electron chi connectivity index (χ1n) is 25.6. The minimum atomic E-state index is -0.891. The summed E-state index contributed by atoms with van der Waals surface area (Å²) < 4.78 is 17.3. The topological polar surface area (TPSA) is 99.1 Å². The Bertz CT molecular complexity index is 1490. The van der Waals surface area contributed by atoms with Crippen molar-refractivity contribution in [2.45, 2.75) is 187 Å². The molecule has 0 rings (SSSR count). The normalized spacial score (nSPS) is 13.9. The van der Waals surface area contributed by atoms with Crippen molar-refractivity contribution >= 4 is 17.9 Å². The SMILES string of the molecule is CC/C=C/C/C=C/C/C=C/C/C=C/C/C=C/C/C=C/CCC(=O)OC(COCCC(C(=O)O)[N+](C)(C)C)COC(=O)CCCCCCCCCCCC/C=C/C/C=C/C/C=C/C/C=C/CC. The third-order valence-corrected chi connectivity index (χ3v) is 10.6. The third kappa shape index (κ3) is 44.9. The van der Waals surface area contributed by atoms with Gasteiger partial charge in [-0.15, -0.1) is 0 Å². The zero-order chi connectivity index (χ0) is 48.4. The van der Waals surface area contributed by atoms with Gasteiger partial charge in [-0.05, 0) is 89.9 Å². The Hall–Kier alpha value is -4.27. The van der Waals surface area contributed by atoms with E-state index in [0.29, 0.717) is 19.3 Å². The molecule has 2 unspecified atom stereocenters. The van der Waals surface area contributed by atoms with Gasteiger partial charge in [0.1, 0.15) is 6.61 Å². The van der Waals surface area contributed by atoms with Crippen LogP contribution in [-0.2, 0) is 28.6 Å². The molecule has 0 aromatic carbocycles. The van der Waals surface area contributed by atoms with Gasteiger partial charge in [-0.2, -0.15) is 0 Å². The first-order chi connectivity index (χ1) is 32.1. The van der Waals surface area contributed by atoms with E-state index in [2.05, 4.69) is 123 Å². The number of hydrogen-bond donors (Lipinski definition) is 1. The quantitative estimate of drug-likeness (QED) is 0.0281. The van der Waals surface area contributed by atoms with Crippen molar-refractivity contribution in [2.24, 2.45) is 0 Å². The number of carboxylic acids is 1. The molecule has 0 fully saturated rings. The van der Waals surface area contributed by atoms with Crippen LogP contribution in [0.15, 0.2) is 122 Å². The molecule has 0 heterocycles. The van der Waals surface area contributed by atoms with Crippen molar-refractivity contribution in [3.63, 3.8) is 0 Å². The number of rotatable bonds is 44. The second kappa shape index (κ2) is 47.2. The second-order valence-corrected chi connectivity index (χ2v) is 17.7. The molecule has 0 aromatic rings. The van der Waals surface area contributed by atoms with Gasteiger partial charge in [0.05, 0.1) is 34.4 Å². The number of esters is 2.